The first-order chi connectivity index (χ1) is 9.74. The van der Waals surface area contributed by atoms with Crippen molar-refractivity contribution in [3.63, 3.8) is 0 Å². The van der Waals surface area contributed by atoms with Gasteiger partial charge in [-0.05, 0) is 37.1 Å². The van der Waals surface area contributed by atoms with Gasteiger partial charge in [0.1, 0.15) is 5.75 Å². The fourth-order valence-corrected chi connectivity index (χ4v) is 2.11. The van der Waals surface area contributed by atoms with Gasteiger partial charge in [-0.1, -0.05) is 36.4 Å². The fourth-order valence-electron chi connectivity index (χ4n) is 2.11. The van der Waals surface area contributed by atoms with Crippen molar-refractivity contribution >= 4 is 0 Å². The lowest BCUT2D eigenvalue weighted by molar-refractivity contribution is 0.478. The molecule has 0 N–H and O–H groups in total. The smallest absolute Gasteiger partial charge is 0.165 e. The minimum absolute atomic E-state index is 0.738. The second kappa shape index (κ2) is 5.21. The van der Waals surface area contributed by atoms with E-state index in [9.17, 15) is 0 Å². The zero-order chi connectivity index (χ0) is 13.9. The minimum Gasteiger partial charge on any atom is -0.454 e. The summed E-state index contributed by atoms with van der Waals surface area (Å²) in [5.74, 6) is 1.60. The van der Waals surface area contributed by atoms with Gasteiger partial charge in [-0.25, -0.2) is 4.68 Å². The maximum absolute atomic E-state index is 5.87. The van der Waals surface area contributed by atoms with Crippen LogP contribution < -0.4 is 4.74 Å². The van der Waals surface area contributed by atoms with Crippen molar-refractivity contribution in [3.05, 3.63) is 72.1 Å². The van der Waals surface area contributed by atoms with Crippen LogP contribution in [0.5, 0.6) is 11.5 Å². The van der Waals surface area contributed by atoms with Crippen LogP contribution in [-0.2, 0) is 0 Å². The number of aryl methyl sites for hydroxylation is 2. The molecule has 3 rings (SSSR count). The molecular formula is C17H16N2O. The molecule has 0 aliphatic rings. The number of benzene rings is 2. The Labute approximate surface area is 118 Å². The monoisotopic (exact) mass is 264 g/mol. The molecule has 0 aliphatic carbocycles. The van der Waals surface area contributed by atoms with Crippen LogP contribution in [-0.4, -0.2) is 9.78 Å². The van der Waals surface area contributed by atoms with E-state index in [0.29, 0.717) is 0 Å². The van der Waals surface area contributed by atoms with Gasteiger partial charge >= 0.3 is 0 Å². The molecule has 100 valence electrons. The summed E-state index contributed by atoms with van der Waals surface area (Å²) in [5.41, 5.74) is 3.35. The van der Waals surface area contributed by atoms with Crippen LogP contribution in [0.3, 0.4) is 0 Å². The zero-order valence-electron chi connectivity index (χ0n) is 11.6. The van der Waals surface area contributed by atoms with Crippen molar-refractivity contribution in [1.29, 1.82) is 0 Å². The third-order valence-corrected chi connectivity index (χ3v) is 3.24. The summed E-state index contributed by atoms with van der Waals surface area (Å²) < 4.78 is 7.70. The average Bonchev–Trinajstić information content (AvgIpc) is 2.90. The predicted molar refractivity (Wildman–Crippen MR) is 79.6 cm³/mol. The van der Waals surface area contributed by atoms with Crippen LogP contribution in [0.4, 0.5) is 0 Å². The number of para-hydroxylation sites is 2. The van der Waals surface area contributed by atoms with Crippen LogP contribution >= 0.6 is 0 Å². The standard InChI is InChI=1S/C17H16N2O/c1-13-7-3-5-9-16(13)19-12-15(11-18-19)20-17-10-6-4-8-14(17)2/h3-12H,1-2H3. The topological polar surface area (TPSA) is 27.1 Å². The van der Waals surface area contributed by atoms with Gasteiger partial charge < -0.3 is 4.74 Å². The van der Waals surface area contributed by atoms with Gasteiger partial charge in [-0.2, -0.15) is 5.10 Å². The summed E-state index contributed by atoms with van der Waals surface area (Å²) in [5, 5.41) is 4.36. The number of rotatable bonds is 3. The second-order valence-corrected chi connectivity index (χ2v) is 4.77. The van der Waals surface area contributed by atoms with E-state index in [1.165, 1.54) is 5.56 Å². The molecule has 0 spiro atoms. The molecule has 0 unspecified atom stereocenters. The molecule has 1 aromatic heterocycles. The van der Waals surface area contributed by atoms with Crippen LogP contribution in [0.15, 0.2) is 60.9 Å². The van der Waals surface area contributed by atoms with E-state index in [4.69, 9.17) is 4.74 Å². The lowest BCUT2D eigenvalue weighted by Crippen LogP contribution is -1.96. The highest BCUT2D eigenvalue weighted by atomic mass is 16.5. The molecule has 0 radical (unpaired) electrons. The Morgan fingerprint density at radius 3 is 2.35 bits per heavy atom. The third kappa shape index (κ3) is 2.43. The van der Waals surface area contributed by atoms with Crippen molar-refractivity contribution in [3.8, 4) is 17.2 Å². The maximum Gasteiger partial charge on any atom is 0.165 e. The average molecular weight is 264 g/mol. The number of ether oxygens (including phenoxy) is 1. The number of nitrogens with zero attached hydrogens (tertiary/aromatic N) is 2. The van der Waals surface area contributed by atoms with Gasteiger partial charge in [0, 0.05) is 0 Å². The highest BCUT2D eigenvalue weighted by Crippen LogP contribution is 2.25. The molecule has 3 heteroatoms. The van der Waals surface area contributed by atoms with E-state index in [0.717, 1.165) is 22.7 Å². The van der Waals surface area contributed by atoms with E-state index in [2.05, 4.69) is 18.1 Å². The van der Waals surface area contributed by atoms with Gasteiger partial charge in [-0.3, -0.25) is 0 Å². The summed E-state index contributed by atoms with van der Waals surface area (Å²) in [6.07, 6.45) is 3.63. The Bertz CT molecular complexity index is 731. The van der Waals surface area contributed by atoms with Crippen LogP contribution in [0.1, 0.15) is 11.1 Å². The van der Waals surface area contributed by atoms with Gasteiger partial charge in [0.15, 0.2) is 5.75 Å². The maximum atomic E-state index is 5.87. The molecule has 0 fully saturated rings. The SMILES string of the molecule is Cc1ccccc1Oc1cnn(-c2ccccc2C)c1. The van der Waals surface area contributed by atoms with E-state index in [1.807, 2.05) is 60.3 Å². The largest absolute Gasteiger partial charge is 0.454 e. The van der Waals surface area contributed by atoms with Crippen LogP contribution in [0, 0.1) is 13.8 Å². The molecule has 0 bridgehead atoms. The van der Waals surface area contributed by atoms with E-state index in [-0.39, 0.29) is 0 Å². The highest BCUT2D eigenvalue weighted by molar-refractivity contribution is 5.41. The summed E-state index contributed by atoms with van der Waals surface area (Å²) in [6.45, 7) is 4.10. The van der Waals surface area contributed by atoms with Crippen molar-refractivity contribution in [1.82, 2.24) is 9.78 Å². The first-order valence-corrected chi connectivity index (χ1v) is 6.58. The summed E-state index contributed by atoms with van der Waals surface area (Å²) >= 11 is 0. The summed E-state index contributed by atoms with van der Waals surface area (Å²) in [4.78, 5) is 0. The molecule has 0 aliphatic heterocycles. The normalized spacial score (nSPS) is 10.5. The molecule has 2 aromatic carbocycles. The zero-order valence-corrected chi connectivity index (χ0v) is 11.6. The Hall–Kier alpha value is -2.55. The molecule has 0 saturated carbocycles. The van der Waals surface area contributed by atoms with Crippen molar-refractivity contribution < 1.29 is 4.74 Å². The van der Waals surface area contributed by atoms with E-state index in [1.54, 1.807) is 6.20 Å². The first kappa shape index (κ1) is 12.5. The molecule has 20 heavy (non-hydrogen) atoms. The molecule has 0 atom stereocenters. The summed E-state index contributed by atoms with van der Waals surface area (Å²) in [7, 11) is 0. The molecule has 0 amide bonds. The van der Waals surface area contributed by atoms with Gasteiger partial charge in [0.2, 0.25) is 0 Å². The third-order valence-electron chi connectivity index (χ3n) is 3.24. The van der Waals surface area contributed by atoms with Crippen LogP contribution in [0.25, 0.3) is 5.69 Å². The van der Waals surface area contributed by atoms with E-state index >= 15 is 0 Å². The lowest BCUT2D eigenvalue weighted by Gasteiger charge is -2.06. The Kier molecular flexibility index (Phi) is 3.25. The first-order valence-electron chi connectivity index (χ1n) is 6.58. The lowest BCUT2D eigenvalue weighted by atomic mass is 10.2. The Morgan fingerprint density at radius 1 is 0.900 bits per heavy atom. The number of hydrogen-bond donors (Lipinski definition) is 0. The van der Waals surface area contributed by atoms with Gasteiger partial charge in [-0.15, -0.1) is 0 Å². The number of aromatic nitrogens is 2. The molecule has 3 nitrogen and oxygen atoms in total. The highest BCUT2D eigenvalue weighted by Gasteiger charge is 2.06. The molecule has 0 saturated heterocycles. The van der Waals surface area contributed by atoms with Gasteiger partial charge in [0.05, 0.1) is 18.1 Å². The molecule has 1 heterocycles. The quantitative estimate of drug-likeness (QED) is 0.706. The van der Waals surface area contributed by atoms with Crippen molar-refractivity contribution in [2.75, 3.05) is 0 Å². The number of hydrogen-bond acceptors (Lipinski definition) is 2. The summed E-state index contributed by atoms with van der Waals surface area (Å²) in [6, 6.07) is 16.1. The second-order valence-electron chi connectivity index (χ2n) is 4.77. The Balaban J connectivity index is 1.88. The fraction of sp³-hybridized carbons (Fsp3) is 0.118. The van der Waals surface area contributed by atoms with Crippen LogP contribution in [0.2, 0.25) is 0 Å². The van der Waals surface area contributed by atoms with Crippen molar-refractivity contribution in [2.45, 2.75) is 13.8 Å². The predicted octanol–water partition coefficient (Wildman–Crippen LogP) is 4.28. The molecule has 3 aromatic rings. The Morgan fingerprint density at radius 2 is 1.60 bits per heavy atom. The van der Waals surface area contributed by atoms with E-state index < -0.39 is 0 Å². The van der Waals surface area contributed by atoms with Gasteiger partial charge in [0.25, 0.3) is 0 Å². The molecular weight excluding hydrogens is 248 g/mol. The minimum atomic E-state index is 0.738. The van der Waals surface area contributed by atoms with Crippen molar-refractivity contribution in [2.24, 2.45) is 0 Å².